The molecule has 0 saturated carbocycles. The van der Waals surface area contributed by atoms with Gasteiger partial charge in [-0.3, -0.25) is 4.79 Å². The van der Waals surface area contributed by atoms with Crippen LogP contribution in [0.2, 0.25) is 0 Å². The van der Waals surface area contributed by atoms with Crippen molar-refractivity contribution in [2.75, 3.05) is 6.61 Å². The van der Waals surface area contributed by atoms with E-state index in [0.717, 1.165) is 12.1 Å². The molecule has 21 heavy (non-hydrogen) atoms. The monoisotopic (exact) mass is 303 g/mol. The van der Waals surface area contributed by atoms with Crippen molar-refractivity contribution in [2.24, 2.45) is 0 Å². The zero-order valence-corrected chi connectivity index (χ0v) is 12.1. The molecule has 0 aliphatic rings. The molecule has 0 radical (unpaired) electrons. The van der Waals surface area contributed by atoms with E-state index in [4.69, 9.17) is 0 Å². The summed E-state index contributed by atoms with van der Waals surface area (Å²) in [5.74, 6) is -0.396. The molecule has 0 atom stereocenters. The summed E-state index contributed by atoms with van der Waals surface area (Å²) in [6.45, 7) is 3.48. The number of halogens is 3. The standard InChI is InChI=1S/C15H20F3NO2/c1-3-14(4-2,10-20)19-13(21)9-11-6-5-7-12(8-11)15(16,17)18/h5-8,20H,3-4,9-10H2,1-2H3,(H,19,21). The highest BCUT2D eigenvalue weighted by Gasteiger charge is 2.31. The number of benzene rings is 1. The molecular formula is C15H20F3NO2. The Morgan fingerprint density at radius 3 is 2.33 bits per heavy atom. The van der Waals surface area contributed by atoms with Gasteiger partial charge in [0.2, 0.25) is 5.91 Å². The first-order chi connectivity index (χ1) is 9.76. The van der Waals surface area contributed by atoms with Crippen LogP contribution in [0.4, 0.5) is 13.2 Å². The maximum Gasteiger partial charge on any atom is 0.416 e. The maximum atomic E-state index is 12.6. The van der Waals surface area contributed by atoms with Gasteiger partial charge in [0.05, 0.1) is 24.1 Å². The van der Waals surface area contributed by atoms with Crippen LogP contribution >= 0.6 is 0 Å². The van der Waals surface area contributed by atoms with Crippen molar-refractivity contribution in [2.45, 2.75) is 44.8 Å². The average molecular weight is 303 g/mol. The maximum absolute atomic E-state index is 12.6. The molecule has 0 unspecified atom stereocenters. The largest absolute Gasteiger partial charge is 0.416 e. The summed E-state index contributed by atoms with van der Waals surface area (Å²) in [5, 5.41) is 12.1. The van der Waals surface area contributed by atoms with Gasteiger partial charge in [-0.15, -0.1) is 0 Å². The number of aliphatic hydroxyl groups is 1. The van der Waals surface area contributed by atoms with Gasteiger partial charge in [-0.05, 0) is 24.5 Å². The van der Waals surface area contributed by atoms with Crippen molar-refractivity contribution >= 4 is 5.91 Å². The normalized spacial score (nSPS) is 12.3. The number of alkyl halides is 3. The summed E-state index contributed by atoms with van der Waals surface area (Å²) < 4.78 is 37.8. The van der Waals surface area contributed by atoms with E-state index in [-0.39, 0.29) is 13.0 Å². The molecule has 0 bridgehead atoms. The van der Waals surface area contributed by atoms with Gasteiger partial charge < -0.3 is 10.4 Å². The van der Waals surface area contributed by atoms with Gasteiger partial charge in [0.1, 0.15) is 0 Å². The topological polar surface area (TPSA) is 49.3 Å². The number of amides is 1. The van der Waals surface area contributed by atoms with Crippen molar-refractivity contribution in [1.29, 1.82) is 0 Å². The predicted octanol–water partition coefficient (Wildman–Crippen LogP) is 2.92. The Morgan fingerprint density at radius 1 is 1.24 bits per heavy atom. The molecule has 118 valence electrons. The smallest absolute Gasteiger partial charge is 0.394 e. The van der Waals surface area contributed by atoms with Crippen LogP contribution in [-0.4, -0.2) is 23.2 Å². The van der Waals surface area contributed by atoms with Crippen LogP contribution < -0.4 is 5.32 Å². The van der Waals surface area contributed by atoms with Crippen molar-refractivity contribution in [1.82, 2.24) is 5.32 Å². The lowest BCUT2D eigenvalue weighted by Crippen LogP contribution is -2.51. The summed E-state index contributed by atoms with van der Waals surface area (Å²) in [7, 11) is 0. The van der Waals surface area contributed by atoms with E-state index in [9.17, 15) is 23.1 Å². The van der Waals surface area contributed by atoms with Crippen molar-refractivity contribution in [3.63, 3.8) is 0 Å². The summed E-state index contributed by atoms with van der Waals surface area (Å²) in [6, 6.07) is 4.70. The van der Waals surface area contributed by atoms with Gasteiger partial charge in [-0.2, -0.15) is 13.2 Å². The highest BCUT2D eigenvalue weighted by Crippen LogP contribution is 2.29. The van der Waals surface area contributed by atoms with Crippen LogP contribution in [0.15, 0.2) is 24.3 Å². The van der Waals surface area contributed by atoms with Gasteiger partial charge in [0.15, 0.2) is 0 Å². The molecular weight excluding hydrogens is 283 g/mol. The molecule has 0 aliphatic heterocycles. The minimum Gasteiger partial charge on any atom is -0.394 e. The first-order valence-electron chi connectivity index (χ1n) is 6.84. The fourth-order valence-corrected chi connectivity index (χ4v) is 2.07. The zero-order valence-electron chi connectivity index (χ0n) is 12.1. The third kappa shape index (κ3) is 4.74. The number of rotatable bonds is 6. The molecule has 1 aromatic rings. The lowest BCUT2D eigenvalue weighted by Gasteiger charge is -2.30. The van der Waals surface area contributed by atoms with Gasteiger partial charge in [-0.25, -0.2) is 0 Å². The second-order valence-electron chi connectivity index (χ2n) is 5.07. The van der Waals surface area contributed by atoms with Crippen LogP contribution in [0.25, 0.3) is 0 Å². The third-order valence-electron chi connectivity index (χ3n) is 3.68. The Morgan fingerprint density at radius 2 is 1.86 bits per heavy atom. The SMILES string of the molecule is CCC(CC)(CO)NC(=O)Cc1cccc(C(F)(F)F)c1. The predicted molar refractivity (Wildman–Crippen MR) is 73.7 cm³/mol. The number of aliphatic hydroxyl groups excluding tert-OH is 1. The second-order valence-corrected chi connectivity index (χ2v) is 5.07. The Balaban J connectivity index is 2.80. The highest BCUT2D eigenvalue weighted by molar-refractivity contribution is 5.79. The molecule has 3 nitrogen and oxygen atoms in total. The number of hydrogen-bond donors (Lipinski definition) is 2. The molecule has 0 saturated heterocycles. The molecule has 1 aromatic carbocycles. The summed E-state index contributed by atoms with van der Waals surface area (Å²) >= 11 is 0. The second kappa shape index (κ2) is 6.93. The first kappa shape index (κ1) is 17.5. The van der Waals surface area contributed by atoms with E-state index in [0.29, 0.717) is 18.4 Å². The van der Waals surface area contributed by atoms with Gasteiger partial charge in [0, 0.05) is 0 Å². The quantitative estimate of drug-likeness (QED) is 0.849. The molecule has 0 heterocycles. The summed E-state index contributed by atoms with van der Waals surface area (Å²) in [5.41, 5.74) is -1.19. The summed E-state index contributed by atoms with van der Waals surface area (Å²) in [6.07, 6.45) is -3.47. The number of hydrogen-bond acceptors (Lipinski definition) is 2. The highest BCUT2D eigenvalue weighted by atomic mass is 19.4. The van der Waals surface area contributed by atoms with Crippen LogP contribution in [0.3, 0.4) is 0 Å². The lowest BCUT2D eigenvalue weighted by atomic mass is 9.93. The molecule has 0 aromatic heterocycles. The molecule has 0 fully saturated rings. The Hall–Kier alpha value is -1.56. The minimum absolute atomic E-state index is 0.147. The van der Waals surface area contributed by atoms with Crippen LogP contribution in [-0.2, 0) is 17.4 Å². The van der Waals surface area contributed by atoms with Crippen molar-refractivity contribution < 1.29 is 23.1 Å². The Bertz CT molecular complexity index is 474. The Kier molecular flexibility index (Phi) is 5.78. The first-order valence-corrected chi connectivity index (χ1v) is 6.84. The Labute approximate surface area is 122 Å². The van der Waals surface area contributed by atoms with E-state index in [1.54, 1.807) is 0 Å². The number of nitrogens with one attached hydrogen (secondary N) is 1. The summed E-state index contributed by atoms with van der Waals surface area (Å²) in [4.78, 5) is 12.0. The van der Waals surface area contributed by atoms with Crippen molar-refractivity contribution in [3.05, 3.63) is 35.4 Å². The molecule has 0 spiro atoms. The van der Waals surface area contributed by atoms with Gasteiger partial charge in [0.25, 0.3) is 0 Å². The van der Waals surface area contributed by atoms with Crippen molar-refractivity contribution in [3.8, 4) is 0 Å². The van der Waals surface area contributed by atoms with Crippen LogP contribution in [0, 0.1) is 0 Å². The van der Waals surface area contributed by atoms with Gasteiger partial charge >= 0.3 is 6.18 Å². The number of carbonyl (C=O) groups excluding carboxylic acids is 1. The fraction of sp³-hybridized carbons (Fsp3) is 0.533. The molecule has 0 aliphatic carbocycles. The van der Waals surface area contributed by atoms with E-state index in [1.165, 1.54) is 12.1 Å². The molecule has 6 heteroatoms. The van der Waals surface area contributed by atoms with Gasteiger partial charge in [-0.1, -0.05) is 32.0 Å². The zero-order chi connectivity index (χ0) is 16.1. The van der Waals surface area contributed by atoms with E-state index in [1.807, 2.05) is 13.8 Å². The van der Waals surface area contributed by atoms with E-state index >= 15 is 0 Å². The molecule has 1 amide bonds. The average Bonchev–Trinajstić information content (AvgIpc) is 2.44. The third-order valence-corrected chi connectivity index (χ3v) is 3.68. The minimum atomic E-state index is -4.42. The fourth-order valence-electron chi connectivity index (χ4n) is 2.07. The van der Waals surface area contributed by atoms with Crippen LogP contribution in [0.5, 0.6) is 0 Å². The number of carbonyl (C=O) groups is 1. The van der Waals surface area contributed by atoms with Crippen LogP contribution in [0.1, 0.15) is 37.8 Å². The lowest BCUT2D eigenvalue weighted by molar-refractivity contribution is -0.137. The van der Waals surface area contributed by atoms with E-state index < -0.39 is 23.2 Å². The molecule has 2 N–H and O–H groups in total. The van der Waals surface area contributed by atoms with E-state index in [2.05, 4.69) is 5.32 Å². The molecule has 1 rings (SSSR count).